The summed E-state index contributed by atoms with van der Waals surface area (Å²) in [4.78, 5) is 5.88. The highest BCUT2D eigenvalue weighted by Crippen LogP contribution is 2.30. The second-order valence-electron chi connectivity index (χ2n) is 7.65. The van der Waals surface area contributed by atoms with Gasteiger partial charge in [0, 0.05) is 31.1 Å². The molecule has 12 heteroatoms. The van der Waals surface area contributed by atoms with Crippen molar-refractivity contribution in [3.8, 4) is 0 Å². The number of hydrogen-bond donors (Lipinski definition) is 3. The number of rotatable bonds is 12. The number of aliphatic hydroxyl groups excluding tert-OH is 1. The minimum atomic E-state index is -1.67. The van der Waals surface area contributed by atoms with Gasteiger partial charge < -0.3 is 25.6 Å². The maximum absolute atomic E-state index is 14.4. The number of halogens is 2. The number of nitrogens with two attached hydrogens (primary N) is 1. The van der Waals surface area contributed by atoms with Crippen LogP contribution in [-0.4, -0.2) is 59.9 Å². The third-order valence-corrected chi connectivity index (χ3v) is 5.26. The predicted octanol–water partition coefficient (Wildman–Crippen LogP) is 3.83. The molecule has 0 saturated heterocycles. The number of unbranched alkanes of at least 4 members (excludes halogenated alkanes) is 2. The van der Waals surface area contributed by atoms with Crippen LogP contribution in [0.2, 0.25) is 0 Å². The van der Waals surface area contributed by atoms with Crippen molar-refractivity contribution in [2.75, 3.05) is 19.7 Å². The molecule has 0 bridgehead atoms. The van der Waals surface area contributed by atoms with Crippen LogP contribution in [0.5, 0.6) is 0 Å². The van der Waals surface area contributed by atoms with Crippen molar-refractivity contribution in [2.24, 2.45) is 5.73 Å². The van der Waals surface area contributed by atoms with Crippen molar-refractivity contribution < 1.29 is 23.7 Å². The van der Waals surface area contributed by atoms with Crippen molar-refractivity contribution in [3.63, 3.8) is 0 Å². The monoisotopic (exact) mass is 517 g/mol. The highest BCUT2D eigenvalue weighted by atomic mass is 32.1. The molecule has 4 N–H and O–H groups in total. The van der Waals surface area contributed by atoms with E-state index in [-0.39, 0.29) is 25.1 Å². The fourth-order valence-electron chi connectivity index (χ4n) is 3.14. The molecule has 1 aromatic carbocycles. The maximum atomic E-state index is 14.4. The van der Waals surface area contributed by atoms with Gasteiger partial charge in [-0.1, -0.05) is 32.8 Å². The number of benzene rings is 1. The van der Waals surface area contributed by atoms with Gasteiger partial charge in [0.05, 0.1) is 13.2 Å². The molecule has 34 heavy (non-hydrogen) atoms. The summed E-state index contributed by atoms with van der Waals surface area (Å²) in [7, 11) is 0. The largest absolute Gasteiger partial charge is 0.487 e. The fourth-order valence-corrected chi connectivity index (χ4v) is 3.40. The van der Waals surface area contributed by atoms with Crippen LogP contribution < -0.4 is 5.73 Å². The molecular weight excluding hydrogens is 484 g/mol. The number of aromatic nitrogens is 3. The summed E-state index contributed by atoms with van der Waals surface area (Å²) in [6.07, 6.45) is 6.90. The van der Waals surface area contributed by atoms with E-state index in [0.29, 0.717) is 5.17 Å². The van der Waals surface area contributed by atoms with Crippen LogP contribution in [0.4, 0.5) is 8.78 Å². The Balaban J connectivity index is 0.00000133. The Hall–Kier alpha value is -2.44. The summed E-state index contributed by atoms with van der Waals surface area (Å²) in [5.74, 6) is -1.54. The minimum Gasteiger partial charge on any atom is -0.487 e. The van der Waals surface area contributed by atoms with Crippen LogP contribution in [0.3, 0.4) is 0 Å². The molecule has 0 unspecified atom stereocenters. The average molecular weight is 518 g/mol. The molecule has 8 nitrogen and oxygen atoms in total. The van der Waals surface area contributed by atoms with E-state index in [1.165, 1.54) is 23.4 Å². The Kier molecular flexibility index (Phi) is 13.5. The zero-order valence-electron chi connectivity index (χ0n) is 19.5. The normalized spacial score (nSPS) is 12.3. The highest BCUT2D eigenvalue weighted by Gasteiger charge is 2.33. The molecule has 2 aromatic rings. The third-order valence-electron chi connectivity index (χ3n) is 4.89. The Morgan fingerprint density at radius 1 is 1.21 bits per heavy atom. The van der Waals surface area contributed by atoms with Gasteiger partial charge in [-0.2, -0.15) is 5.10 Å². The summed E-state index contributed by atoms with van der Waals surface area (Å²) in [6, 6.07) is 3.12. The third kappa shape index (κ3) is 10.7. The molecule has 0 radical (unpaired) electrons. The number of aliphatic hydroxyl groups is 2. The van der Waals surface area contributed by atoms with Crippen LogP contribution in [0.25, 0.3) is 0 Å². The second kappa shape index (κ2) is 15.5. The van der Waals surface area contributed by atoms with Gasteiger partial charge in [0.15, 0.2) is 0 Å². The SMILES string of the molecule is CCCCN(CCCC)C(=S)OCC[C@](O)(Cn1cncn1)c1ccc(F)cc1F.NC(O)=S. The lowest BCUT2D eigenvalue weighted by Crippen LogP contribution is -2.37. The Morgan fingerprint density at radius 3 is 2.32 bits per heavy atom. The molecule has 2 rings (SSSR count). The quantitative estimate of drug-likeness (QED) is 0.362. The van der Waals surface area contributed by atoms with Crippen molar-refractivity contribution in [3.05, 3.63) is 48.1 Å². The van der Waals surface area contributed by atoms with E-state index < -0.39 is 22.4 Å². The zero-order chi connectivity index (χ0) is 25.6. The molecule has 0 amide bonds. The van der Waals surface area contributed by atoms with Gasteiger partial charge in [-0.05, 0) is 43.3 Å². The van der Waals surface area contributed by atoms with Crippen LogP contribution in [0.1, 0.15) is 51.5 Å². The van der Waals surface area contributed by atoms with E-state index in [0.717, 1.165) is 50.9 Å². The maximum Gasteiger partial charge on any atom is 0.259 e. The molecule has 0 aliphatic rings. The van der Waals surface area contributed by atoms with Gasteiger partial charge in [-0.15, -0.1) is 0 Å². The molecule has 1 aromatic heterocycles. The van der Waals surface area contributed by atoms with Crippen molar-refractivity contribution in [1.29, 1.82) is 0 Å². The van der Waals surface area contributed by atoms with Gasteiger partial charge in [0.25, 0.3) is 10.3 Å². The predicted molar refractivity (Wildman–Crippen MR) is 134 cm³/mol. The first-order valence-electron chi connectivity index (χ1n) is 11.0. The van der Waals surface area contributed by atoms with Crippen LogP contribution in [-0.2, 0) is 16.9 Å². The summed E-state index contributed by atoms with van der Waals surface area (Å²) in [6.45, 7) is 5.87. The van der Waals surface area contributed by atoms with E-state index in [9.17, 15) is 13.9 Å². The Morgan fingerprint density at radius 2 is 1.82 bits per heavy atom. The van der Waals surface area contributed by atoms with E-state index in [1.54, 1.807) is 0 Å². The fraction of sp³-hybridized carbons (Fsp3) is 0.545. The lowest BCUT2D eigenvalue weighted by atomic mass is 9.90. The number of ether oxygens (including phenoxy) is 1. The topological polar surface area (TPSA) is 110 Å². The second-order valence-corrected chi connectivity index (χ2v) is 8.41. The molecule has 0 spiro atoms. The summed E-state index contributed by atoms with van der Waals surface area (Å²) >= 11 is 9.31. The van der Waals surface area contributed by atoms with Crippen molar-refractivity contribution in [2.45, 2.75) is 58.1 Å². The Bertz CT molecular complexity index is 877. The summed E-state index contributed by atoms with van der Waals surface area (Å²) in [5.41, 5.74) is 2.71. The van der Waals surface area contributed by atoms with Crippen molar-refractivity contribution >= 4 is 34.8 Å². The molecule has 190 valence electrons. The van der Waals surface area contributed by atoms with Gasteiger partial charge >= 0.3 is 0 Å². The number of nitrogens with zero attached hydrogens (tertiary/aromatic N) is 4. The molecule has 0 aliphatic heterocycles. The van der Waals surface area contributed by atoms with Crippen LogP contribution in [0, 0.1) is 11.6 Å². The van der Waals surface area contributed by atoms with E-state index in [1.807, 2.05) is 4.90 Å². The minimum absolute atomic E-state index is 0.0252. The number of thiocarbonyl (C=S) groups is 2. The zero-order valence-corrected chi connectivity index (χ0v) is 21.1. The molecular formula is C22H33F2N5O3S2. The molecule has 0 aliphatic carbocycles. The van der Waals surface area contributed by atoms with E-state index >= 15 is 0 Å². The van der Waals surface area contributed by atoms with Gasteiger partial charge in [0.2, 0.25) is 0 Å². The van der Waals surface area contributed by atoms with Crippen molar-refractivity contribution in [1.82, 2.24) is 19.7 Å². The molecule has 0 fully saturated rings. The number of hydrogen-bond acceptors (Lipinski definition) is 6. The average Bonchev–Trinajstić information content (AvgIpc) is 3.26. The smallest absolute Gasteiger partial charge is 0.259 e. The summed E-state index contributed by atoms with van der Waals surface area (Å²) in [5, 5.41) is 22.7. The molecule has 1 atom stereocenters. The standard InChI is InChI=1S/C21H30F2N4O2S.CH3NOS/c1-3-5-10-26(11-6-4-2)20(30)29-12-9-21(28,14-27-16-24-15-25-27)18-8-7-17(22)13-19(18)23;2-1(3)4/h7-8,13,15-16,28H,3-6,9-12,14H2,1-2H3;(H3,2,3,4)/t21-;/m0./s1. The van der Waals surface area contributed by atoms with Crippen LogP contribution in [0.15, 0.2) is 30.9 Å². The van der Waals surface area contributed by atoms with E-state index in [2.05, 4.69) is 41.9 Å². The molecule has 0 saturated carbocycles. The molecule has 1 heterocycles. The lowest BCUT2D eigenvalue weighted by molar-refractivity contribution is -0.0103. The van der Waals surface area contributed by atoms with Gasteiger partial charge in [0.1, 0.15) is 29.9 Å². The lowest BCUT2D eigenvalue weighted by Gasteiger charge is -2.30. The first kappa shape index (κ1) is 29.6. The van der Waals surface area contributed by atoms with Crippen LogP contribution >= 0.6 is 24.4 Å². The Labute approximate surface area is 209 Å². The summed E-state index contributed by atoms with van der Waals surface area (Å²) < 4.78 is 35.0. The first-order chi connectivity index (χ1) is 16.1. The van der Waals surface area contributed by atoms with Gasteiger partial charge in [-0.3, -0.25) is 0 Å². The highest BCUT2D eigenvalue weighted by molar-refractivity contribution is 7.80. The first-order valence-corrected chi connectivity index (χ1v) is 11.8. The van der Waals surface area contributed by atoms with Gasteiger partial charge in [-0.25, -0.2) is 18.4 Å². The van der Waals surface area contributed by atoms with E-state index in [4.69, 9.17) is 22.1 Å².